The highest BCUT2D eigenvalue weighted by molar-refractivity contribution is 5.86. The van der Waals surface area contributed by atoms with E-state index < -0.39 is 35.4 Å². The molecule has 37 heavy (non-hydrogen) atoms. The monoisotopic (exact) mass is 516 g/mol. The maximum atomic E-state index is 13.1. The molecule has 2 N–H and O–H groups in total. The molecule has 3 atom stereocenters. The van der Waals surface area contributed by atoms with Gasteiger partial charge in [0.2, 0.25) is 11.8 Å². The van der Waals surface area contributed by atoms with Crippen LogP contribution in [-0.4, -0.2) is 65.2 Å². The number of allylic oxidation sites excluding steroid dienone is 2. The Labute approximate surface area is 219 Å². The topological polar surface area (TPSA) is 122 Å². The summed E-state index contributed by atoms with van der Waals surface area (Å²) in [5.41, 5.74) is 0.268. The fourth-order valence-corrected chi connectivity index (χ4v) is 3.93. The number of nitrogens with one attached hydrogen (secondary N) is 1. The number of aliphatic hydroxyl groups is 1. The number of ether oxygens (including phenoxy) is 2. The molecule has 0 fully saturated rings. The Morgan fingerprint density at radius 3 is 2.35 bits per heavy atom. The van der Waals surface area contributed by atoms with E-state index in [1.54, 1.807) is 44.7 Å². The van der Waals surface area contributed by atoms with Crippen LogP contribution in [0, 0.1) is 11.8 Å². The van der Waals surface area contributed by atoms with E-state index in [1.165, 1.54) is 0 Å². The molecule has 2 amide bonds. The third-order valence-corrected chi connectivity index (χ3v) is 5.77. The summed E-state index contributed by atoms with van der Waals surface area (Å²) in [5, 5.41) is 12.3. The molecule has 0 bridgehead atoms. The van der Waals surface area contributed by atoms with Crippen molar-refractivity contribution in [3.05, 3.63) is 48.0 Å². The minimum atomic E-state index is -0.709. The smallest absolute Gasteiger partial charge is 0.309 e. The van der Waals surface area contributed by atoms with Crippen molar-refractivity contribution in [2.45, 2.75) is 71.6 Å². The molecule has 1 aromatic carbocycles. The third-order valence-electron chi connectivity index (χ3n) is 5.77. The minimum Gasteiger partial charge on any atom is -0.463 e. The lowest BCUT2D eigenvalue weighted by Crippen LogP contribution is -2.43. The number of nitrogens with zero attached hydrogens (tertiary/aromatic N) is 1. The molecule has 1 aliphatic rings. The molecule has 0 unspecified atom stereocenters. The van der Waals surface area contributed by atoms with Gasteiger partial charge in [-0.25, -0.2) is 0 Å². The van der Waals surface area contributed by atoms with Crippen LogP contribution in [0.2, 0.25) is 0 Å². The van der Waals surface area contributed by atoms with Crippen molar-refractivity contribution in [1.29, 1.82) is 0 Å². The maximum absolute atomic E-state index is 13.1. The van der Waals surface area contributed by atoms with Gasteiger partial charge in [0.25, 0.3) is 0 Å². The van der Waals surface area contributed by atoms with Crippen molar-refractivity contribution in [1.82, 2.24) is 10.2 Å². The molecule has 9 heteroatoms. The molecule has 0 saturated heterocycles. The standard InChI is InChI=1S/C28H40N2O7/c1-20-19-36-27(35)23(17-25(33)37-28(2,3)4)13-9-8-12-22(26(34)29-20)16-24(32)30(14-15-31)18-21-10-6-5-7-11-21/h5-11,20,22-23,31H,12-19H2,1-4H3,(H,29,34)/b9-8-/t20-,22-,23+/m0/s1. The van der Waals surface area contributed by atoms with E-state index in [-0.39, 0.29) is 57.3 Å². The molecule has 1 aliphatic heterocycles. The Bertz CT molecular complexity index is 940. The summed E-state index contributed by atoms with van der Waals surface area (Å²) in [4.78, 5) is 52.6. The molecular formula is C28H40N2O7. The van der Waals surface area contributed by atoms with Crippen LogP contribution in [-0.2, 0) is 35.2 Å². The van der Waals surface area contributed by atoms with Gasteiger partial charge in [-0.3, -0.25) is 19.2 Å². The number of esters is 2. The predicted octanol–water partition coefficient (Wildman–Crippen LogP) is 2.76. The summed E-state index contributed by atoms with van der Waals surface area (Å²) in [7, 11) is 0. The van der Waals surface area contributed by atoms with Crippen LogP contribution in [0.1, 0.15) is 58.9 Å². The van der Waals surface area contributed by atoms with E-state index in [1.807, 2.05) is 30.3 Å². The Morgan fingerprint density at radius 1 is 1.08 bits per heavy atom. The van der Waals surface area contributed by atoms with Crippen molar-refractivity contribution < 1.29 is 33.8 Å². The average molecular weight is 517 g/mol. The van der Waals surface area contributed by atoms with Gasteiger partial charge in [0, 0.05) is 19.5 Å². The zero-order valence-electron chi connectivity index (χ0n) is 22.3. The first-order valence-electron chi connectivity index (χ1n) is 12.7. The largest absolute Gasteiger partial charge is 0.463 e. The van der Waals surface area contributed by atoms with Crippen LogP contribution in [0.15, 0.2) is 42.5 Å². The summed E-state index contributed by atoms with van der Waals surface area (Å²) < 4.78 is 10.7. The predicted molar refractivity (Wildman–Crippen MR) is 138 cm³/mol. The van der Waals surface area contributed by atoms with Gasteiger partial charge < -0.3 is 24.8 Å². The van der Waals surface area contributed by atoms with Crippen LogP contribution in [0.5, 0.6) is 0 Å². The summed E-state index contributed by atoms with van der Waals surface area (Å²) >= 11 is 0. The highest BCUT2D eigenvalue weighted by Gasteiger charge is 2.29. The summed E-state index contributed by atoms with van der Waals surface area (Å²) in [6.07, 6.45) is 3.89. The lowest BCUT2D eigenvalue weighted by atomic mass is 9.96. The van der Waals surface area contributed by atoms with E-state index >= 15 is 0 Å². The molecule has 1 aromatic rings. The molecule has 9 nitrogen and oxygen atoms in total. The van der Waals surface area contributed by atoms with Crippen molar-refractivity contribution in [3.8, 4) is 0 Å². The summed E-state index contributed by atoms with van der Waals surface area (Å²) in [6.45, 7) is 7.26. The first kappa shape index (κ1) is 30.0. The molecule has 204 valence electrons. The van der Waals surface area contributed by atoms with Crippen LogP contribution in [0.3, 0.4) is 0 Å². The number of carbonyl (C=O) groups is 4. The summed E-state index contributed by atoms with van der Waals surface area (Å²) in [6, 6.07) is 8.98. The van der Waals surface area contributed by atoms with Crippen LogP contribution >= 0.6 is 0 Å². The second kappa shape index (κ2) is 14.5. The number of cyclic esters (lactones) is 1. The van der Waals surface area contributed by atoms with E-state index in [9.17, 15) is 24.3 Å². The zero-order chi connectivity index (χ0) is 27.4. The Balaban J connectivity index is 2.12. The average Bonchev–Trinajstić information content (AvgIpc) is 2.82. The number of hydrogen-bond donors (Lipinski definition) is 2. The molecule has 0 spiro atoms. The number of aliphatic hydroxyl groups excluding tert-OH is 1. The van der Waals surface area contributed by atoms with E-state index in [2.05, 4.69) is 5.32 Å². The van der Waals surface area contributed by atoms with Crippen LogP contribution in [0.25, 0.3) is 0 Å². The van der Waals surface area contributed by atoms with E-state index in [4.69, 9.17) is 9.47 Å². The molecule has 1 heterocycles. The fraction of sp³-hybridized carbons (Fsp3) is 0.571. The lowest BCUT2D eigenvalue weighted by molar-refractivity contribution is -0.161. The fourth-order valence-electron chi connectivity index (χ4n) is 3.93. The maximum Gasteiger partial charge on any atom is 0.309 e. The van der Waals surface area contributed by atoms with E-state index in [0.717, 1.165) is 5.56 Å². The van der Waals surface area contributed by atoms with Gasteiger partial charge in [0.1, 0.15) is 12.2 Å². The third kappa shape index (κ3) is 11.2. The number of hydrogen-bond acceptors (Lipinski definition) is 7. The van der Waals surface area contributed by atoms with Crippen molar-refractivity contribution >= 4 is 23.8 Å². The summed E-state index contributed by atoms with van der Waals surface area (Å²) in [5.74, 6) is -2.90. The van der Waals surface area contributed by atoms with E-state index in [0.29, 0.717) is 6.54 Å². The number of amides is 2. The van der Waals surface area contributed by atoms with Crippen LogP contribution < -0.4 is 5.32 Å². The quantitative estimate of drug-likeness (QED) is 0.402. The molecule has 2 rings (SSSR count). The first-order chi connectivity index (χ1) is 17.5. The second-order valence-electron chi connectivity index (χ2n) is 10.4. The van der Waals surface area contributed by atoms with Crippen LogP contribution in [0.4, 0.5) is 0 Å². The van der Waals surface area contributed by atoms with Gasteiger partial charge in [0.05, 0.1) is 30.9 Å². The van der Waals surface area contributed by atoms with Crippen molar-refractivity contribution in [3.63, 3.8) is 0 Å². The Kier molecular flexibility index (Phi) is 11.8. The molecular weight excluding hydrogens is 476 g/mol. The van der Waals surface area contributed by atoms with Gasteiger partial charge in [0.15, 0.2) is 0 Å². The van der Waals surface area contributed by atoms with Gasteiger partial charge in [-0.15, -0.1) is 0 Å². The first-order valence-corrected chi connectivity index (χ1v) is 12.7. The highest BCUT2D eigenvalue weighted by atomic mass is 16.6. The zero-order valence-corrected chi connectivity index (χ0v) is 22.3. The van der Waals surface area contributed by atoms with Gasteiger partial charge in [-0.1, -0.05) is 42.5 Å². The van der Waals surface area contributed by atoms with Crippen molar-refractivity contribution in [2.24, 2.45) is 11.8 Å². The van der Waals surface area contributed by atoms with Gasteiger partial charge in [-0.2, -0.15) is 0 Å². The molecule has 0 aliphatic carbocycles. The number of benzene rings is 1. The Hall–Kier alpha value is -3.20. The lowest BCUT2D eigenvalue weighted by Gasteiger charge is -2.26. The highest BCUT2D eigenvalue weighted by Crippen LogP contribution is 2.20. The van der Waals surface area contributed by atoms with Crippen molar-refractivity contribution in [2.75, 3.05) is 19.8 Å². The normalized spacial score (nSPS) is 22.0. The second-order valence-corrected chi connectivity index (χ2v) is 10.4. The SMILES string of the molecule is C[C@H]1COC(=O)[C@@H](CC(=O)OC(C)(C)C)C/C=C\C[C@@H](CC(=O)N(CCO)Cc2ccccc2)C(=O)N1. The van der Waals surface area contributed by atoms with Gasteiger partial charge in [-0.05, 0) is 46.1 Å². The minimum absolute atomic E-state index is 0.0309. The number of rotatable bonds is 8. The number of carbonyl (C=O) groups excluding carboxylic acids is 4. The molecule has 0 radical (unpaired) electrons. The molecule has 0 aromatic heterocycles. The van der Waals surface area contributed by atoms with Gasteiger partial charge >= 0.3 is 11.9 Å². The Morgan fingerprint density at radius 2 is 1.73 bits per heavy atom. The molecule has 0 saturated carbocycles.